The van der Waals surface area contributed by atoms with Gasteiger partial charge in [-0.1, -0.05) is 12.1 Å². The Balaban J connectivity index is 2.28. The highest BCUT2D eigenvalue weighted by molar-refractivity contribution is 7.99. The molecule has 1 N–H and O–H groups in total. The molecule has 1 aromatic heterocycles. The summed E-state index contributed by atoms with van der Waals surface area (Å²) in [6, 6.07) is 6.18. The van der Waals surface area contributed by atoms with Crippen LogP contribution in [0.1, 0.15) is 22.5 Å². The van der Waals surface area contributed by atoms with Gasteiger partial charge in [0.15, 0.2) is 0 Å². The van der Waals surface area contributed by atoms with Crippen molar-refractivity contribution in [1.82, 2.24) is 4.57 Å². The van der Waals surface area contributed by atoms with Gasteiger partial charge in [-0.3, -0.25) is 0 Å². The van der Waals surface area contributed by atoms with Gasteiger partial charge in [0.25, 0.3) is 0 Å². The van der Waals surface area contributed by atoms with Gasteiger partial charge in [0.2, 0.25) is 0 Å². The summed E-state index contributed by atoms with van der Waals surface area (Å²) >= 11 is 1.82. The van der Waals surface area contributed by atoms with Crippen LogP contribution in [-0.2, 0) is 17.7 Å². The summed E-state index contributed by atoms with van der Waals surface area (Å²) in [7, 11) is 1.42. The van der Waals surface area contributed by atoms with E-state index in [1.54, 1.807) is 0 Å². The van der Waals surface area contributed by atoms with Crippen LogP contribution >= 0.6 is 11.8 Å². The highest BCUT2D eigenvalue weighted by Crippen LogP contribution is 2.38. The van der Waals surface area contributed by atoms with Gasteiger partial charge in [0.05, 0.1) is 12.6 Å². The molecule has 1 aliphatic heterocycles. The quantitative estimate of drug-likeness (QED) is 0.879. The number of hydrogen-bond acceptors (Lipinski definition) is 4. The molecule has 4 nitrogen and oxygen atoms in total. The lowest BCUT2D eigenvalue weighted by Crippen LogP contribution is -2.15. The molecule has 0 aliphatic carbocycles. The zero-order valence-corrected chi connectivity index (χ0v) is 12.2. The Morgan fingerprint density at radius 2 is 2.35 bits per heavy atom. The Kier molecular flexibility index (Phi) is 3.72. The molecule has 1 aromatic carbocycles. The van der Waals surface area contributed by atoms with E-state index in [2.05, 4.69) is 16.7 Å². The zero-order valence-electron chi connectivity index (χ0n) is 11.4. The molecular weight excluding hydrogens is 274 g/mol. The summed E-state index contributed by atoms with van der Waals surface area (Å²) in [4.78, 5) is 13.4. The van der Waals surface area contributed by atoms with E-state index >= 15 is 0 Å². The Labute approximate surface area is 121 Å². The van der Waals surface area contributed by atoms with E-state index in [1.807, 2.05) is 17.8 Å². The SMILES string of the molecule is COC(=O)c1c(CCCO)c2cccc3c2n1CCS3. The number of aliphatic hydroxyl groups is 1. The van der Waals surface area contributed by atoms with Gasteiger partial charge in [0.1, 0.15) is 5.69 Å². The minimum Gasteiger partial charge on any atom is -0.464 e. The van der Waals surface area contributed by atoms with Crippen molar-refractivity contribution >= 4 is 28.6 Å². The Morgan fingerprint density at radius 3 is 3.10 bits per heavy atom. The molecule has 0 spiro atoms. The van der Waals surface area contributed by atoms with Crippen LogP contribution in [0.25, 0.3) is 10.9 Å². The Hall–Kier alpha value is -1.46. The first-order chi connectivity index (χ1) is 9.77. The number of thioether (sulfide) groups is 1. The first kappa shape index (κ1) is 13.5. The third-order valence-electron chi connectivity index (χ3n) is 3.69. The van der Waals surface area contributed by atoms with Crippen LogP contribution in [0.5, 0.6) is 0 Å². The maximum Gasteiger partial charge on any atom is 0.354 e. The first-order valence-corrected chi connectivity index (χ1v) is 7.72. The number of nitrogens with zero attached hydrogens (tertiary/aromatic N) is 1. The average molecular weight is 291 g/mol. The fraction of sp³-hybridized carbons (Fsp3) is 0.400. The first-order valence-electron chi connectivity index (χ1n) is 6.74. The second-order valence-corrected chi connectivity index (χ2v) is 5.94. The van der Waals surface area contributed by atoms with Crippen molar-refractivity contribution in [3.63, 3.8) is 0 Å². The number of aromatic nitrogens is 1. The topological polar surface area (TPSA) is 51.5 Å². The van der Waals surface area contributed by atoms with Crippen LogP contribution in [0.4, 0.5) is 0 Å². The molecule has 0 atom stereocenters. The molecule has 1 aliphatic rings. The van der Waals surface area contributed by atoms with Gasteiger partial charge >= 0.3 is 5.97 Å². The molecule has 0 fully saturated rings. The van der Waals surface area contributed by atoms with Crippen LogP contribution in [0.15, 0.2) is 23.1 Å². The largest absolute Gasteiger partial charge is 0.464 e. The van der Waals surface area contributed by atoms with E-state index in [0.29, 0.717) is 18.5 Å². The molecule has 0 saturated carbocycles. The van der Waals surface area contributed by atoms with E-state index in [4.69, 9.17) is 9.84 Å². The van der Waals surface area contributed by atoms with E-state index in [1.165, 1.54) is 12.0 Å². The third-order valence-corrected chi connectivity index (χ3v) is 4.71. The van der Waals surface area contributed by atoms with E-state index in [0.717, 1.165) is 28.8 Å². The molecule has 3 rings (SSSR count). The maximum atomic E-state index is 12.2. The predicted molar refractivity (Wildman–Crippen MR) is 79.4 cm³/mol. The highest BCUT2D eigenvalue weighted by Gasteiger charge is 2.26. The van der Waals surface area contributed by atoms with Crippen LogP contribution < -0.4 is 0 Å². The number of carbonyl (C=O) groups excluding carboxylic acids is 1. The second-order valence-electron chi connectivity index (χ2n) is 4.80. The van der Waals surface area contributed by atoms with E-state index in [9.17, 15) is 4.79 Å². The van der Waals surface area contributed by atoms with Crippen molar-refractivity contribution in [2.45, 2.75) is 24.3 Å². The molecule has 20 heavy (non-hydrogen) atoms. The number of esters is 1. The van der Waals surface area contributed by atoms with Gasteiger partial charge in [-0.15, -0.1) is 11.8 Å². The smallest absolute Gasteiger partial charge is 0.354 e. The number of carbonyl (C=O) groups is 1. The van der Waals surface area contributed by atoms with Crippen LogP contribution in [0, 0.1) is 0 Å². The summed E-state index contributed by atoms with van der Waals surface area (Å²) in [5.74, 6) is 0.677. The summed E-state index contributed by atoms with van der Waals surface area (Å²) in [6.45, 7) is 0.948. The van der Waals surface area contributed by atoms with Gasteiger partial charge in [-0.25, -0.2) is 4.79 Å². The highest BCUT2D eigenvalue weighted by atomic mass is 32.2. The molecule has 106 valence electrons. The van der Waals surface area contributed by atoms with E-state index < -0.39 is 0 Å². The number of para-hydroxylation sites is 1. The molecule has 2 aromatic rings. The number of hydrogen-bond donors (Lipinski definition) is 1. The predicted octanol–water partition coefficient (Wildman–Crippen LogP) is 2.46. The van der Waals surface area contributed by atoms with Crippen molar-refractivity contribution in [3.05, 3.63) is 29.5 Å². The third kappa shape index (κ3) is 2.01. The zero-order chi connectivity index (χ0) is 14.1. The summed E-state index contributed by atoms with van der Waals surface area (Å²) in [6.07, 6.45) is 1.35. The molecule has 2 heterocycles. The fourth-order valence-corrected chi connectivity index (χ4v) is 3.90. The summed E-state index contributed by atoms with van der Waals surface area (Å²) in [5.41, 5.74) is 2.80. The number of ether oxygens (including phenoxy) is 1. The second kappa shape index (κ2) is 5.50. The van der Waals surface area contributed by atoms with Gasteiger partial charge < -0.3 is 14.4 Å². The molecule has 5 heteroatoms. The maximum absolute atomic E-state index is 12.2. The molecule has 0 saturated heterocycles. The van der Waals surface area contributed by atoms with Crippen molar-refractivity contribution < 1.29 is 14.6 Å². The number of aryl methyl sites for hydroxylation is 2. The molecular formula is C15H17NO3S. The average Bonchev–Trinajstić information content (AvgIpc) is 2.81. The minimum absolute atomic E-state index is 0.127. The molecule has 0 radical (unpaired) electrons. The van der Waals surface area contributed by atoms with Crippen molar-refractivity contribution in [1.29, 1.82) is 0 Å². The molecule has 0 bridgehead atoms. The molecule has 0 unspecified atom stereocenters. The number of aliphatic hydroxyl groups excluding tert-OH is 1. The van der Waals surface area contributed by atoms with Gasteiger partial charge in [-0.2, -0.15) is 0 Å². The van der Waals surface area contributed by atoms with Crippen LogP contribution in [-0.4, -0.2) is 35.1 Å². The number of benzene rings is 1. The lowest BCUT2D eigenvalue weighted by atomic mass is 10.1. The summed E-state index contributed by atoms with van der Waals surface area (Å²) < 4.78 is 7.05. The number of methoxy groups -OCH3 is 1. The van der Waals surface area contributed by atoms with Gasteiger partial charge in [0, 0.05) is 29.2 Å². The summed E-state index contributed by atoms with van der Waals surface area (Å²) in [5, 5.41) is 10.2. The lowest BCUT2D eigenvalue weighted by Gasteiger charge is -2.16. The van der Waals surface area contributed by atoms with Crippen LogP contribution in [0.2, 0.25) is 0 Å². The minimum atomic E-state index is -0.285. The van der Waals surface area contributed by atoms with Crippen molar-refractivity contribution in [3.8, 4) is 0 Å². The van der Waals surface area contributed by atoms with E-state index in [-0.39, 0.29) is 12.6 Å². The van der Waals surface area contributed by atoms with Crippen molar-refractivity contribution in [2.75, 3.05) is 19.5 Å². The van der Waals surface area contributed by atoms with Gasteiger partial charge in [-0.05, 0) is 24.5 Å². The number of rotatable bonds is 4. The standard InChI is InChI=1S/C15H17NO3S/c1-19-15(18)14-11(5-3-8-17)10-4-2-6-12-13(10)16(14)7-9-20-12/h2,4,6,17H,3,5,7-9H2,1H3. The Bertz CT molecular complexity index is 663. The normalized spacial score (nSPS) is 13.7. The Morgan fingerprint density at radius 1 is 1.50 bits per heavy atom. The van der Waals surface area contributed by atoms with Crippen LogP contribution in [0.3, 0.4) is 0 Å². The molecule has 0 amide bonds. The van der Waals surface area contributed by atoms with Crippen molar-refractivity contribution in [2.24, 2.45) is 0 Å². The lowest BCUT2D eigenvalue weighted by molar-refractivity contribution is 0.0587. The fourth-order valence-electron chi connectivity index (χ4n) is 2.87. The monoisotopic (exact) mass is 291 g/mol.